The molecule has 2 aromatic carbocycles. The summed E-state index contributed by atoms with van der Waals surface area (Å²) in [5, 5.41) is 5.33. The van der Waals surface area contributed by atoms with Gasteiger partial charge in [-0.3, -0.25) is 4.79 Å². The second-order valence-corrected chi connectivity index (χ2v) is 9.60. The highest BCUT2D eigenvalue weighted by Gasteiger charge is 2.35. The first-order valence-corrected chi connectivity index (χ1v) is 11.6. The molecule has 0 aliphatic carbocycles. The van der Waals surface area contributed by atoms with E-state index in [1.807, 2.05) is 48.7 Å². The third kappa shape index (κ3) is 3.34. The van der Waals surface area contributed by atoms with E-state index in [0.29, 0.717) is 11.5 Å². The van der Waals surface area contributed by atoms with Crippen LogP contribution in [0.15, 0.2) is 59.2 Å². The van der Waals surface area contributed by atoms with E-state index in [0.717, 1.165) is 57.2 Å². The van der Waals surface area contributed by atoms with Gasteiger partial charge in [-0.2, -0.15) is 0 Å². The van der Waals surface area contributed by atoms with Crippen molar-refractivity contribution in [3.63, 3.8) is 0 Å². The smallest absolute Gasteiger partial charge is 0.252 e. The molecule has 1 amide bonds. The molecule has 0 spiro atoms. The number of rotatable bonds is 3. The second-order valence-electron chi connectivity index (χ2n) is 8.68. The number of hydrogen-bond donors (Lipinski definition) is 2. The van der Waals surface area contributed by atoms with E-state index in [-0.39, 0.29) is 11.9 Å². The van der Waals surface area contributed by atoms with Gasteiger partial charge in [0.1, 0.15) is 0 Å². The quantitative estimate of drug-likeness (QED) is 0.440. The highest BCUT2D eigenvalue weighted by molar-refractivity contribution is 9.10. The number of carbonyl (C=O) groups excluding carboxylic acids is 1. The van der Waals surface area contributed by atoms with Crippen LogP contribution in [0.4, 0.5) is 0 Å². The summed E-state index contributed by atoms with van der Waals surface area (Å²) in [5.41, 5.74) is 4.39. The number of carbonyl (C=O) groups is 1. The number of amides is 1. The van der Waals surface area contributed by atoms with E-state index in [9.17, 15) is 4.79 Å². The predicted molar refractivity (Wildman–Crippen MR) is 127 cm³/mol. The largest absolute Gasteiger partial charge is 0.360 e. The maximum atomic E-state index is 13.5. The molecule has 1 atom stereocenters. The van der Waals surface area contributed by atoms with Gasteiger partial charge in [0.15, 0.2) is 0 Å². The van der Waals surface area contributed by atoms with Gasteiger partial charge < -0.3 is 15.2 Å². The molecule has 156 valence electrons. The SMILES string of the molecule is O=C(NC1CN2CCC1CC2)c1cc(-c2c[nH]c3ccc(Br)cc23)nc2ccccc12. The Balaban J connectivity index is 1.43. The molecule has 5 nitrogen and oxygen atoms in total. The number of pyridine rings is 1. The Hall–Kier alpha value is -2.70. The molecule has 0 saturated carbocycles. The summed E-state index contributed by atoms with van der Waals surface area (Å²) in [4.78, 5) is 24.2. The van der Waals surface area contributed by atoms with Gasteiger partial charge >= 0.3 is 0 Å². The minimum atomic E-state index is -0.000350. The zero-order valence-corrected chi connectivity index (χ0v) is 18.7. The monoisotopic (exact) mass is 474 g/mol. The van der Waals surface area contributed by atoms with Crippen molar-refractivity contribution in [2.45, 2.75) is 18.9 Å². The number of hydrogen-bond acceptors (Lipinski definition) is 3. The zero-order chi connectivity index (χ0) is 20.9. The van der Waals surface area contributed by atoms with Crippen LogP contribution in [0.3, 0.4) is 0 Å². The Bertz CT molecular complexity index is 1310. The summed E-state index contributed by atoms with van der Waals surface area (Å²) in [6.45, 7) is 3.29. The van der Waals surface area contributed by atoms with Crippen LogP contribution in [0.5, 0.6) is 0 Å². The van der Waals surface area contributed by atoms with E-state index in [1.54, 1.807) is 0 Å². The number of nitrogens with zero attached hydrogens (tertiary/aromatic N) is 2. The Kier molecular flexibility index (Phi) is 4.58. The summed E-state index contributed by atoms with van der Waals surface area (Å²) in [6, 6.07) is 16.2. The molecule has 3 saturated heterocycles. The van der Waals surface area contributed by atoms with Crippen molar-refractivity contribution in [2.24, 2.45) is 5.92 Å². The van der Waals surface area contributed by atoms with Crippen molar-refractivity contribution in [3.8, 4) is 11.3 Å². The summed E-state index contributed by atoms with van der Waals surface area (Å²) >= 11 is 3.57. The van der Waals surface area contributed by atoms with Crippen LogP contribution < -0.4 is 5.32 Å². The van der Waals surface area contributed by atoms with Crippen LogP contribution in [0.1, 0.15) is 23.2 Å². The molecular formula is C25H23BrN4O. The van der Waals surface area contributed by atoms with Crippen molar-refractivity contribution in [1.29, 1.82) is 0 Å². The van der Waals surface area contributed by atoms with Crippen molar-refractivity contribution in [2.75, 3.05) is 19.6 Å². The number of aromatic nitrogens is 2. The molecule has 1 unspecified atom stereocenters. The van der Waals surface area contributed by atoms with Crippen molar-refractivity contribution < 1.29 is 4.79 Å². The number of benzene rings is 2. The first-order valence-electron chi connectivity index (χ1n) is 10.9. The fourth-order valence-corrected chi connectivity index (χ4v) is 5.54. The molecule has 0 radical (unpaired) electrons. The maximum absolute atomic E-state index is 13.5. The van der Waals surface area contributed by atoms with E-state index < -0.39 is 0 Å². The first kappa shape index (κ1) is 19.0. The fraction of sp³-hybridized carbons (Fsp3) is 0.280. The van der Waals surface area contributed by atoms with E-state index >= 15 is 0 Å². The zero-order valence-electron chi connectivity index (χ0n) is 17.1. The summed E-state index contributed by atoms with van der Waals surface area (Å²) in [5.74, 6) is 0.590. The number of piperidine rings is 3. The Labute approximate surface area is 189 Å². The highest BCUT2D eigenvalue weighted by Crippen LogP contribution is 2.33. The lowest BCUT2D eigenvalue weighted by Crippen LogP contribution is -2.57. The molecule has 2 bridgehead atoms. The average Bonchev–Trinajstić information content (AvgIpc) is 3.22. The number of fused-ring (bicyclic) bond motifs is 5. The number of H-pyrrole nitrogens is 1. The van der Waals surface area contributed by atoms with Gasteiger partial charge in [0.25, 0.3) is 5.91 Å². The van der Waals surface area contributed by atoms with Gasteiger partial charge in [0, 0.05) is 45.1 Å². The van der Waals surface area contributed by atoms with Gasteiger partial charge in [-0.1, -0.05) is 34.1 Å². The maximum Gasteiger partial charge on any atom is 0.252 e. The first-order chi connectivity index (χ1) is 15.2. The standard InChI is InChI=1S/C25H23BrN4O/c26-16-5-6-21-18(11-16)20(13-27-21)23-12-19(17-3-1-2-4-22(17)28-23)25(31)29-24-14-30-9-7-15(24)8-10-30/h1-6,11-13,15,24,27H,7-10,14H2,(H,29,31). The highest BCUT2D eigenvalue weighted by atomic mass is 79.9. The topological polar surface area (TPSA) is 61.0 Å². The van der Waals surface area contributed by atoms with Crippen LogP contribution in [0, 0.1) is 5.92 Å². The summed E-state index contributed by atoms with van der Waals surface area (Å²) < 4.78 is 1.02. The molecule has 2 aromatic heterocycles. The minimum Gasteiger partial charge on any atom is -0.360 e. The van der Waals surface area contributed by atoms with Gasteiger partial charge in [-0.05, 0) is 62.2 Å². The predicted octanol–water partition coefficient (Wildman–Crippen LogP) is 4.97. The van der Waals surface area contributed by atoms with Crippen LogP contribution in [0.25, 0.3) is 33.1 Å². The molecule has 6 heteroatoms. The van der Waals surface area contributed by atoms with Gasteiger partial charge in [-0.25, -0.2) is 4.98 Å². The van der Waals surface area contributed by atoms with E-state index in [4.69, 9.17) is 4.98 Å². The van der Waals surface area contributed by atoms with Crippen molar-refractivity contribution in [3.05, 3.63) is 64.8 Å². The molecule has 4 aromatic rings. The number of para-hydroxylation sites is 1. The van der Waals surface area contributed by atoms with E-state index in [2.05, 4.69) is 37.2 Å². The lowest BCUT2D eigenvalue weighted by atomic mass is 9.84. The van der Waals surface area contributed by atoms with Gasteiger partial charge in [-0.15, -0.1) is 0 Å². The number of halogens is 1. The number of nitrogens with one attached hydrogen (secondary N) is 2. The van der Waals surface area contributed by atoms with Gasteiger partial charge in [0.05, 0.1) is 16.8 Å². The molecule has 5 heterocycles. The normalized spacial score (nSPS) is 22.8. The van der Waals surface area contributed by atoms with Crippen LogP contribution in [-0.4, -0.2) is 46.5 Å². The molecular weight excluding hydrogens is 452 g/mol. The van der Waals surface area contributed by atoms with Crippen molar-refractivity contribution in [1.82, 2.24) is 20.2 Å². The Morgan fingerprint density at radius 3 is 2.74 bits per heavy atom. The average molecular weight is 475 g/mol. The van der Waals surface area contributed by atoms with Crippen LogP contribution in [-0.2, 0) is 0 Å². The molecule has 3 aliphatic heterocycles. The Morgan fingerprint density at radius 1 is 1.10 bits per heavy atom. The molecule has 3 fully saturated rings. The van der Waals surface area contributed by atoms with Gasteiger partial charge in [0.2, 0.25) is 0 Å². The Morgan fingerprint density at radius 2 is 1.94 bits per heavy atom. The second kappa shape index (κ2) is 7.46. The summed E-state index contributed by atoms with van der Waals surface area (Å²) in [6.07, 6.45) is 4.33. The summed E-state index contributed by atoms with van der Waals surface area (Å²) in [7, 11) is 0. The van der Waals surface area contributed by atoms with E-state index in [1.165, 1.54) is 12.8 Å². The molecule has 3 aliphatic rings. The minimum absolute atomic E-state index is 0.000350. The molecule has 31 heavy (non-hydrogen) atoms. The van der Waals surface area contributed by atoms with Crippen molar-refractivity contribution >= 4 is 43.6 Å². The molecule has 2 N–H and O–H groups in total. The third-order valence-electron chi connectivity index (χ3n) is 6.85. The lowest BCUT2D eigenvalue weighted by molar-refractivity contribution is 0.0621. The number of aromatic amines is 1. The fourth-order valence-electron chi connectivity index (χ4n) is 5.18. The third-order valence-corrected chi connectivity index (χ3v) is 7.35. The van der Waals surface area contributed by atoms with Crippen LogP contribution in [0.2, 0.25) is 0 Å². The molecule has 7 rings (SSSR count). The van der Waals surface area contributed by atoms with Crippen LogP contribution >= 0.6 is 15.9 Å². The lowest BCUT2D eigenvalue weighted by Gasteiger charge is -2.44.